The van der Waals surface area contributed by atoms with Gasteiger partial charge in [-0.25, -0.2) is 4.98 Å². The predicted octanol–water partition coefficient (Wildman–Crippen LogP) is 1.70. The van der Waals surface area contributed by atoms with E-state index >= 15 is 0 Å². The van der Waals surface area contributed by atoms with Gasteiger partial charge >= 0.3 is 0 Å². The monoisotopic (exact) mass is 291 g/mol. The third kappa shape index (κ3) is 4.07. The van der Waals surface area contributed by atoms with Crippen molar-refractivity contribution in [1.29, 1.82) is 0 Å². The molecule has 0 unspecified atom stereocenters. The van der Waals surface area contributed by atoms with Gasteiger partial charge in [0, 0.05) is 23.7 Å². The summed E-state index contributed by atoms with van der Waals surface area (Å²) in [5.41, 5.74) is 4.96. The van der Waals surface area contributed by atoms with Gasteiger partial charge in [0.05, 0.1) is 11.4 Å². The lowest BCUT2D eigenvalue weighted by Gasteiger charge is -2.05. The molecule has 0 aliphatic rings. The van der Waals surface area contributed by atoms with E-state index in [2.05, 4.69) is 27.3 Å². The van der Waals surface area contributed by atoms with Crippen LogP contribution in [0.3, 0.4) is 0 Å². The fraction of sp³-hybridized carbons (Fsp3) is 0.308. The van der Waals surface area contributed by atoms with Crippen molar-refractivity contribution >= 4 is 17.4 Å². The Morgan fingerprint density at radius 2 is 2.25 bits per heavy atom. The second-order valence-corrected chi connectivity index (χ2v) is 5.22. The number of pyridine rings is 1. The van der Waals surface area contributed by atoms with Gasteiger partial charge in [-0.15, -0.1) is 0 Å². The molecule has 106 valence electrons. The SMILES string of the molecule is CCCc1cc(=O)[nH]c(SCc2cc(NN)ccn2)n1. The molecule has 20 heavy (non-hydrogen) atoms. The molecule has 7 heteroatoms. The van der Waals surface area contributed by atoms with E-state index in [1.165, 1.54) is 11.8 Å². The molecule has 4 N–H and O–H groups in total. The summed E-state index contributed by atoms with van der Waals surface area (Å²) in [5.74, 6) is 5.97. The van der Waals surface area contributed by atoms with E-state index in [0.717, 1.165) is 29.9 Å². The van der Waals surface area contributed by atoms with Gasteiger partial charge in [0.15, 0.2) is 5.16 Å². The smallest absolute Gasteiger partial charge is 0.251 e. The van der Waals surface area contributed by atoms with Gasteiger partial charge in [0.2, 0.25) is 0 Å². The molecular weight excluding hydrogens is 274 g/mol. The first kappa shape index (κ1) is 14.5. The van der Waals surface area contributed by atoms with Crippen molar-refractivity contribution < 1.29 is 0 Å². The number of hydrogen-bond donors (Lipinski definition) is 3. The predicted molar refractivity (Wildman–Crippen MR) is 80.5 cm³/mol. The van der Waals surface area contributed by atoms with E-state index in [1.54, 1.807) is 18.3 Å². The molecular formula is C13H17N5OS. The highest BCUT2D eigenvalue weighted by Crippen LogP contribution is 2.18. The van der Waals surface area contributed by atoms with Crippen LogP contribution in [0.4, 0.5) is 5.69 Å². The summed E-state index contributed by atoms with van der Waals surface area (Å²) in [6.07, 6.45) is 3.46. The summed E-state index contributed by atoms with van der Waals surface area (Å²) in [6.45, 7) is 2.06. The van der Waals surface area contributed by atoms with Crippen LogP contribution in [0.1, 0.15) is 24.7 Å². The Labute approximate surface area is 121 Å². The summed E-state index contributed by atoms with van der Waals surface area (Å²) in [5, 5.41) is 0.619. The summed E-state index contributed by atoms with van der Waals surface area (Å²) >= 11 is 1.45. The average molecular weight is 291 g/mol. The number of aromatic nitrogens is 3. The quantitative estimate of drug-likeness (QED) is 0.324. The molecule has 0 radical (unpaired) electrons. The summed E-state index contributed by atoms with van der Waals surface area (Å²) in [4.78, 5) is 22.9. The van der Waals surface area contributed by atoms with Crippen LogP contribution in [0.25, 0.3) is 0 Å². The van der Waals surface area contributed by atoms with Crippen LogP contribution in [-0.4, -0.2) is 15.0 Å². The van der Waals surface area contributed by atoms with E-state index in [4.69, 9.17) is 5.84 Å². The number of aromatic amines is 1. The lowest BCUT2D eigenvalue weighted by molar-refractivity contribution is 0.815. The van der Waals surface area contributed by atoms with Crippen molar-refractivity contribution in [2.45, 2.75) is 30.7 Å². The first-order valence-electron chi connectivity index (χ1n) is 6.36. The van der Waals surface area contributed by atoms with Crippen molar-refractivity contribution in [2.75, 3.05) is 5.43 Å². The van der Waals surface area contributed by atoms with Gasteiger partial charge in [-0.05, 0) is 18.6 Å². The summed E-state index contributed by atoms with van der Waals surface area (Å²) in [6, 6.07) is 5.20. The van der Waals surface area contributed by atoms with Crippen molar-refractivity contribution in [3.05, 3.63) is 46.1 Å². The third-order valence-corrected chi connectivity index (χ3v) is 3.53. The zero-order chi connectivity index (χ0) is 14.4. The number of thioether (sulfide) groups is 1. The highest BCUT2D eigenvalue weighted by molar-refractivity contribution is 7.98. The van der Waals surface area contributed by atoms with E-state index in [9.17, 15) is 4.79 Å². The minimum absolute atomic E-state index is 0.115. The van der Waals surface area contributed by atoms with Crippen LogP contribution >= 0.6 is 11.8 Å². The molecule has 0 aliphatic heterocycles. The number of nitrogens with two attached hydrogens (primary N) is 1. The van der Waals surface area contributed by atoms with Crippen LogP contribution in [0, 0.1) is 0 Å². The minimum Gasteiger partial charge on any atom is -0.324 e. The number of rotatable bonds is 6. The number of anilines is 1. The van der Waals surface area contributed by atoms with Crippen LogP contribution in [0.5, 0.6) is 0 Å². The van der Waals surface area contributed by atoms with E-state index < -0.39 is 0 Å². The number of hydrogen-bond acceptors (Lipinski definition) is 6. The maximum absolute atomic E-state index is 11.5. The maximum Gasteiger partial charge on any atom is 0.251 e. The number of H-pyrrole nitrogens is 1. The zero-order valence-corrected chi connectivity index (χ0v) is 12.0. The Morgan fingerprint density at radius 1 is 1.40 bits per heavy atom. The Morgan fingerprint density at radius 3 is 3.00 bits per heavy atom. The first-order chi connectivity index (χ1) is 9.71. The van der Waals surface area contributed by atoms with E-state index in [-0.39, 0.29) is 5.56 Å². The molecule has 0 saturated carbocycles. The Kier molecular flexibility index (Phi) is 5.14. The van der Waals surface area contributed by atoms with Crippen LogP contribution < -0.4 is 16.8 Å². The Hall–Kier alpha value is -1.86. The number of nitrogens with zero attached hydrogens (tertiary/aromatic N) is 2. The van der Waals surface area contributed by atoms with Gasteiger partial charge in [0.1, 0.15) is 0 Å². The number of hydrazine groups is 1. The number of nitrogens with one attached hydrogen (secondary N) is 2. The fourth-order valence-corrected chi connectivity index (χ4v) is 2.52. The van der Waals surface area contributed by atoms with Crippen LogP contribution in [0.15, 0.2) is 34.3 Å². The van der Waals surface area contributed by atoms with E-state index in [1.807, 2.05) is 6.07 Å². The zero-order valence-electron chi connectivity index (χ0n) is 11.2. The van der Waals surface area contributed by atoms with Gasteiger partial charge < -0.3 is 10.4 Å². The molecule has 0 aliphatic carbocycles. The third-order valence-electron chi connectivity index (χ3n) is 2.62. The Balaban J connectivity index is 2.08. The first-order valence-corrected chi connectivity index (χ1v) is 7.34. The fourth-order valence-electron chi connectivity index (χ4n) is 1.73. The topological polar surface area (TPSA) is 96.7 Å². The Bertz CT molecular complexity index is 628. The molecule has 0 atom stereocenters. The number of nitrogen functional groups attached to an aromatic ring is 1. The second-order valence-electron chi connectivity index (χ2n) is 4.26. The molecule has 2 rings (SSSR count). The van der Waals surface area contributed by atoms with Crippen LogP contribution in [-0.2, 0) is 12.2 Å². The molecule has 0 saturated heterocycles. The van der Waals surface area contributed by atoms with Crippen molar-refractivity contribution in [2.24, 2.45) is 5.84 Å². The molecule has 2 aromatic heterocycles. The van der Waals surface area contributed by atoms with Gasteiger partial charge in [-0.3, -0.25) is 15.6 Å². The van der Waals surface area contributed by atoms with Crippen LogP contribution in [0.2, 0.25) is 0 Å². The average Bonchev–Trinajstić information content (AvgIpc) is 2.45. The molecule has 0 bridgehead atoms. The second kappa shape index (κ2) is 7.06. The molecule has 0 amide bonds. The number of aryl methyl sites for hydroxylation is 1. The summed E-state index contributed by atoms with van der Waals surface area (Å²) in [7, 11) is 0. The van der Waals surface area contributed by atoms with Gasteiger partial charge in [-0.2, -0.15) is 0 Å². The summed E-state index contributed by atoms with van der Waals surface area (Å²) < 4.78 is 0. The maximum atomic E-state index is 11.5. The van der Waals surface area contributed by atoms with Crippen molar-refractivity contribution in [3.63, 3.8) is 0 Å². The molecule has 2 aromatic rings. The van der Waals surface area contributed by atoms with Crippen molar-refractivity contribution in [1.82, 2.24) is 15.0 Å². The van der Waals surface area contributed by atoms with E-state index in [0.29, 0.717) is 10.9 Å². The standard InChI is InChI=1S/C13H17N5OS/c1-2-3-9-7-12(19)17-13(16-9)20-8-11-6-10(18-14)4-5-15-11/h4-7H,2-3,8,14H2,1H3,(H,15,18)(H,16,17,19). The molecule has 0 fully saturated rings. The lowest BCUT2D eigenvalue weighted by atomic mass is 10.2. The van der Waals surface area contributed by atoms with Crippen molar-refractivity contribution in [3.8, 4) is 0 Å². The largest absolute Gasteiger partial charge is 0.324 e. The lowest BCUT2D eigenvalue weighted by Crippen LogP contribution is -2.10. The van der Waals surface area contributed by atoms with Gasteiger partial charge in [0.25, 0.3) is 5.56 Å². The highest BCUT2D eigenvalue weighted by Gasteiger charge is 2.04. The molecule has 0 spiro atoms. The minimum atomic E-state index is -0.115. The molecule has 6 nitrogen and oxygen atoms in total. The highest BCUT2D eigenvalue weighted by atomic mass is 32.2. The van der Waals surface area contributed by atoms with Gasteiger partial charge in [-0.1, -0.05) is 25.1 Å². The molecule has 2 heterocycles. The molecule has 0 aromatic carbocycles. The normalized spacial score (nSPS) is 10.5.